The number of aliphatic hydroxyl groups is 2. The van der Waals surface area contributed by atoms with Crippen LogP contribution in [-0.2, 0) is 4.79 Å². The van der Waals surface area contributed by atoms with E-state index >= 15 is 0 Å². The van der Waals surface area contributed by atoms with Crippen LogP contribution in [0.3, 0.4) is 0 Å². The van der Waals surface area contributed by atoms with E-state index in [0.717, 1.165) is 50.5 Å². The first-order valence-corrected chi connectivity index (χ1v) is 13.6. The van der Waals surface area contributed by atoms with E-state index in [0.29, 0.717) is 18.3 Å². The molecule has 10 atom stereocenters. The van der Waals surface area contributed by atoms with Crippen LogP contribution in [0.5, 0.6) is 0 Å². The quantitative estimate of drug-likeness (QED) is 0.434. The van der Waals surface area contributed by atoms with Crippen molar-refractivity contribution < 1.29 is 20.1 Å². The third-order valence-corrected chi connectivity index (χ3v) is 12.8. The first-order valence-electron chi connectivity index (χ1n) is 13.6. The van der Waals surface area contributed by atoms with Gasteiger partial charge in [0.2, 0.25) is 0 Å². The van der Waals surface area contributed by atoms with Crippen LogP contribution in [0.2, 0.25) is 0 Å². The number of carbonyl (C=O) groups is 1. The van der Waals surface area contributed by atoms with Crippen molar-refractivity contribution in [3.8, 4) is 0 Å². The highest BCUT2D eigenvalue weighted by molar-refractivity contribution is 5.77. The number of carboxylic acid groups (broad SMARTS) is 1. The molecule has 5 rings (SSSR count). The molecule has 0 saturated heterocycles. The molecule has 0 heterocycles. The van der Waals surface area contributed by atoms with E-state index < -0.39 is 23.6 Å². The van der Waals surface area contributed by atoms with Crippen molar-refractivity contribution in [2.75, 3.05) is 0 Å². The summed E-state index contributed by atoms with van der Waals surface area (Å²) < 4.78 is 0. The van der Waals surface area contributed by atoms with Gasteiger partial charge in [-0.25, -0.2) is 0 Å². The lowest BCUT2D eigenvalue weighted by atomic mass is 9.34. The maximum Gasteiger partial charge on any atom is 0.310 e. The molecule has 3 N–H and O–H groups in total. The fourth-order valence-corrected chi connectivity index (χ4v) is 10.8. The van der Waals surface area contributed by atoms with Gasteiger partial charge in [0.15, 0.2) is 0 Å². The van der Waals surface area contributed by atoms with Crippen LogP contribution in [0.1, 0.15) is 92.9 Å². The molecule has 4 fully saturated rings. The van der Waals surface area contributed by atoms with Crippen molar-refractivity contribution in [1.82, 2.24) is 0 Å². The van der Waals surface area contributed by atoms with E-state index in [4.69, 9.17) is 0 Å². The predicted molar refractivity (Wildman–Crippen MR) is 134 cm³/mol. The highest BCUT2D eigenvalue weighted by atomic mass is 16.4. The second kappa shape index (κ2) is 7.22. The van der Waals surface area contributed by atoms with Gasteiger partial charge in [-0.1, -0.05) is 58.4 Å². The molecule has 0 aliphatic heterocycles. The van der Waals surface area contributed by atoms with Gasteiger partial charge >= 0.3 is 5.97 Å². The summed E-state index contributed by atoms with van der Waals surface area (Å²) in [4.78, 5) is 12.7. The van der Waals surface area contributed by atoms with Gasteiger partial charge in [-0.15, -0.1) is 0 Å². The van der Waals surface area contributed by atoms with Gasteiger partial charge in [0.1, 0.15) is 0 Å². The maximum absolute atomic E-state index is 12.7. The average molecular weight is 471 g/mol. The molecule has 0 aromatic heterocycles. The molecule has 0 radical (unpaired) electrons. The molecule has 4 saturated carbocycles. The second-order valence-corrected chi connectivity index (χ2v) is 14.3. The number of hydrogen-bond donors (Lipinski definition) is 3. The Balaban J connectivity index is 1.63. The van der Waals surface area contributed by atoms with Crippen molar-refractivity contribution in [2.24, 2.45) is 50.7 Å². The second-order valence-electron chi connectivity index (χ2n) is 14.3. The topological polar surface area (TPSA) is 77.8 Å². The number of fused-ring (bicyclic) bond motifs is 7. The molecule has 4 nitrogen and oxygen atoms in total. The van der Waals surface area contributed by atoms with Crippen molar-refractivity contribution in [3.05, 3.63) is 23.8 Å². The Hall–Kier alpha value is -1.13. The minimum absolute atomic E-state index is 0.0449. The predicted octanol–water partition coefficient (Wildman–Crippen LogP) is 5.98. The molecular formula is C30H46O4. The SMILES string of the molecule is C=C(C)[C@@H]1CC[C@]2(C(=O)O)CC[C@]3(C)C(=CC[C@@H]4[C@@]5(C)C[C@@H](O)[C@H](O)C(C)(C)[C@@H]5CC[C@]43C)[C@H]12. The molecule has 0 aromatic carbocycles. The van der Waals surface area contributed by atoms with Gasteiger partial charge < -0.3 is 15.3 Å². The van der Waals surface area contributed by atoms with Crippen LogP contribution >= 0.6 is 0 Å². The number of carboxylic acids is 1. The molecule has 190 valence electrons. The van der Waals surface area contributed by atoms with E-state index in [1.54, 1.807) is 0 Å². The van der Waals surface area contributed by atoms with Crippen molar-refractivity contribution in [1.29, 1.82) is 0 Å². The fourth-order valence-electron chi connectivity index (χ4n) is 10.8. The van der Waals surface area contributed by atoms with Crippen molar-refractivity contribution >= 4 is 5.97 Å². The fraction of sp³-hybridized carbons (Fsp3) is 0.833. The largest absolute Gasteiger partial charge is 0.481 e. The summed E-state index contributed by atoms with van der Waals surface area (Å²) in [7, 11) is 0. The van der Waals surface area contributed by atoms with Crippen LogP contribution in [0.25, 0.3) is 0 Å². The number of rotatable bonds is 2. The van der Waals surface area contributed by atoms with E-state index in [-0.39, 0.29) is 33.5 Å². The Morgan fingerprint density at radius 2 is 1.68 bits per heavy atom. The Kier molecular flexibility index (Phi) is 5.21. The van der Waals surface area contributed by atoms with E-state index in [1.165, 1.54) is 5.57 Å². The van der Waals surface area contributed by atoms with Gasteiger partial charge in [-0.2, -0.15) is 0 Å². The molecule has 5 aliphatic carbocycles. The average Bonchev–Trinajstić information content (AvgIpc) is 3.14. The maximum atomic E-state index is 12.7. The Bertz CT molecular complexity index is 949. The van der Waals surface area contributed by atoms with Gasteiger partial charge in [0.05, 0.1) is 17.6 Å². The molecule has 5 aliphatic rings. The minimum Gasteiger partial charge on any atom is -0.481 e. The number of hydrogen-bond acceptors (Lipinski definition) is 3. The third-order valence-electron chi connectivity index (χ3n) is 12.8. The van der Waals surface area contributed by atoms with Gasteiger partial charge in [0, 0.05) is 5.92 Å². The Morgan fingerprint density at radius 1 is 1.00 bits per heavy atom. The van der Waals surface area contributed by atoms with Crippen LogP contribution in [0, 0.1) is 50.7 Å². The monoisotopic (exact) mass is 470 g/mol. The molecule has 0 aromatic rings. The van der Waals surface area contributed by atoms with Crippen LogP contribution in [-0.4, -0.2) is 33.5 Å². The Labute approximate surface area is 205 Å². The summed E-state index contributed by atoms with van der Waals surface area (Å²) >= 11 is 0. The molecule has 0 bridgehead atoms. The standard InChI is InChI=1S/C30H46O4/c1-17(2)18-10-13-30(25(33)34)15-14-28(6)19(23(18)30)8-9-22-27(5)16-20(31)24(32)26(3,4)21(27)11-12-29(22,28)7/h8,18,20-24,31-32H,1,9-16H2,2-7H3,(H,33,34)/t18-,20+,21-,22+,23-,24-,27-,28+,29+,30-/m0/s1. The van der Waals surface area contributed by atoms with Crippen LogP contribution in [0.4, 0.5) is 0 Å². The highest BCUT2D eigenvalue weighted by Gasteiger charge is 2.70. The highest BCUT2D eigenvalue weighted by Crippen LogP contribution is 2.76. The molecule has 4 heteroatoms. The first-order chi connectivity index (χ1) is 15.7. The third kappa shape index (κ3) is 2.71. The summed E-state index contributed by atoms with van der Waals surface area (Å²) in [5.41, 5.74) is 1.53. The summed E-state index contributed by atoms with van der Waals surface area (Å²) in [6.45, 7) is 18.0. The van der Waals surface area contributed by atoms with Crippen molar-refractivity contribution in [2.45, 2.75) is 105 Å². The molecule has 34 heavy (non-hydrogen) atoms. The van der Waals surface area contributed by atoms with Gasteiger partial charge in [-0.05, 0) is 97.7 Å². The summed E-state index contributed by atoms with van der Waals surface area (Å²) in [5.74, 6) is 0.472. The molecular weight excluding hydrogens is 424 g/mol. The lowest BCUT2D eigenvalue weighted by molar-refractivity contribution is -0.230. The zero-order valence-electron chi connectivity index (χ0n) is 22.2. The first kappa shape index (κ1) is 24.6. The van der Waals surface area contributed by atoms with Gasteiger partial charge in [-0.3, -0.25) is 4.79 Å². The number of allylic oxidation sites excluding steroid dienone is 3. The lowest BCUT2D eigenvalue weighted by Gasteiger charge is -2.70. The number of aliphatic hydroxyl groups excluding tert-OH is 2. The van der Waals surface area contributed by atoms with Gasteiger partial charge in [0.25, 0.3) is 0 Å². The molecule has 0 amide bonds. The lowest BCUT2D eigenvalue weighted by Crippen LogP contribution is -2.66. The normalized spacial score (nSPS) is 53.6. The summed E-state index contributed by atoms with van der Waals surface area (Å²) in [5, 5.41) is 32.3. The number of aliphatic carboxylic acids is 1. The van der Waals surface area contributed by atoms with Crippen LogP contribution < -0.4 is 0 Å². The van der Waals surface area contributed by atoms with Crippen molar-refractivity contribution in [3.63, 3.8) is 0 Å². The minimum atomic E-state index is -0.689. The molecule has 0 spiro atoms. The smallest absolute Gasteiger partial charge is 0.310 e. The summed E-state index contributed by atoms with van der Waals surface area (Å²) in [6.07, 6.45) is 8.20. The van der Waals surface area contributed by atoms with Crippen LogP contribution in [0.15, 0.2) is 23.8 Å². The summed E-state index contributed by atoms with van der Waals surface area (Å²) in [6, 6.07) is 0. The Morgan fingerprint density at radius 3 is 2.29 bits per heavy atom. The van der Waals surface area contributed by atoms with E-state index in [2.05, 4.69) is 54.2 Å². The molecule has 0 unspecified atom stereocenters. The zero-order valence-corrected chi connectivity index (χ0v) is 22.2. The van der Waals surface area contributed by atoms with E-state index in [9.17, 15) is 20.1 Å². The zero-order chi connectivity index (χ0) is 25.1. The van der Waals surface area contributed by atoms with E-state index in [1.807, 2.05) is 0 Å².